The first-order chi connectivity index (χ1) is 5.34. The van der Waals surface area contributed by atoms with Crippen molar-refractivity contribution in [2.24, 2.45) is 0 Å². The summed E-state index contributed by atoms with van der Waals surface area (Å²) in [7, 11) is 0. The minimum Gasteiger partial charge on any atom is -0.491 e. The van der Waals surface area contributed by atoms with E-state index in [0.717, 1.165) is 0 Å². The van der Waals surface area contributed by atoms with E-state index in [1.807, 2.05) is 6.07 Å². The van der Waals surface area contributed by atoms with Crippen LogP contribution < -0.4 is 4.74 Å². The van der Waals surface area contributed by atoms with Gasteiger partial charge in [-0.25, -0.2) is 0 Å². The molecule has 0 aliphatic rings. The van der Waals surface area contributed by atoms with E-state index in [2.05, 4.69) is 6.07 Å². The molecule has 59 valence electrons. The van der Waals surface area contributed by atoms with Gasteiger partial charge in [0.1, 0.15) is 12.4 Å². The Labute approximate surface area is 75.9 Å². The zero-order valence-electron chi connectivity index (χ0n) is 5.81. The van der Waals surface area contributed by atoms with Gasteiger partial charge in [-0.1, -0.05) is 23.7 Å². The van der Waals surface area contributed by atoms with Crippen molar-refractivity contribution in [3.8, 4) is 5.75 Å². The van der Waals surface area contributed by atoms with Gasteiger partial charge in [-0.15, -0.1) is 11.6 Å². The summed E-state index contributed by atoms with van der Waals surface area (Å²) in [5.41, 5.74) is 0. The van der Waals surface area contributed by atoms with Crippen LogP contribution in [0.4, 0.5) is 0 Å². The predicted octanol–water partition coefficient (Wildman–Crippen LogP) is 2.76. The van der Waals surface area contributed by atoms with Gasteiger partial charge in [-0.2, -0.15) is 0 Å². The zero-order chi connectivity index (χ0) is 8.10. The fourth-order valence-electron chi connectivity index (χ4n) is 0.661. The molecule has 0 spiro atoms. The third-order valence-electron chi connectivity index (χ3n) is 1.10. The number of halogens is 2. The molecule has 3 heteroatoms. The number of hydrogen-bond acceptors (Lipinski definition) is 1. The Balaban J connectivity index is 2.62. The van der Waals surface area contributed by atoms with E-state index in [0.29, 0.717) is 23.3 Å². The molecule has 0 saturated carbocycles. The maximum absolute atomic E-state index is 5.74. The Bertz CT molecular complexity index is 225. The highest BCUT2D eigenvalue weighted by Gasteiger charge is 1.97. The molecule has 0 N–H and O–H groups in total. The number of hydrogen-bond donors (Lipinski definition) is 0. The molecule has 0 unspecified atom stereocenters. The van der Waals surface area contributed by atoms with Crippen molar-refractivity contribution in [2.45, 2.75) is 0 Å². The molecule has 0 aromatic heterocycles. The van der Waals surface area contributed by atoms with E-state index in [-0.39, 0.29) is 0 Å². The molecule has 1 aromatic rings. The third-order valence-corrected chi connectivity index (χ3v) is 1.55. The molecular formula is C8H7Cl2O. The SMILES string of the molecule is ClCCOc1ccc[c]c1Cl. The van der Waals surface area contributed by atoms with E-state index < -0.39 is 0 Å². The van der Waals surface area contributed by atoms with E-state index in [1.54, 1.807) is 12.1 Å². The van der Waals surface area contributed by atoms with Crippen molar-refractivity contribution >= 4 is 23.2 Å². The van der Waals surface area contributed by atoms with Gasteiger partial charge in [0.15, 0.2) is 0 Å². The maximum Gasteiger partial charge on any atom is 0.138 e. The van der Waals surface area contributed by atoms with Crippen LogP contribution in [0.3, 0.4) is 0 Å². The summed E-state index contributed by atoms with van der Waals surface area (Å²) in [5, 5.41) is 0.498. The van der Waals surface area contributed by atoms with Crippen LogP contribution in [0, 0.1) is 6.07 Å². The predicted molar refractivity (Wildman–Crippen MR) is 46.5 cm³/mol. The molecule has 0 heterocycles. The van der Waals surface area contributed by atoms with Gasteiger partial charge in [-0.3, -0.25) is 0 Å². The summed E-state index contributed by atoms with van der Waals surface area (Å²) in [6.45, 7) is 0.471. The van der Waals surface area contributed by atoms with Crippen molar-refractivity contribution in [3.05, 3.63) is 29.3 Å². The molecule has 0 aliphatic carbocycles. The Morgan fingerprint density at radius 2 is 2.36 bits per heavy atom. The fourth-order valence-corrected chi connectivity index (χ4v) is 0.919. The normalized spacial score (nSPS) is 9.64. The molecule has 1 rings (SSSR count). The third kappa shape index (κ3) is 2.60. The summed E-state index contributed by atoms with van der Waals surface area (Å²) in [6, 6.07) is 8.14. The second-order valence-corrected chi connectivity index (χ2v) is 2.64. The second kappa shape index (κ2) is 4.47. The number of rotatable bonds is 3. The molecular weight excluding hydrogens is 183 g/mol. The van der Waals surface area contributed by atoms with Gasteiger partial charge in [-0.05, 0) is 6.07 Å². The summed E-state index contributed by atoms with van der Waals surface area (Å²) < 4.78 is 5.19. The van der Waals surface area contributed by atoms with Crippen molar-refractivity contribution < 1.29 is 4.74 Å². The molecule has 1 aromatic carbocycles. The van der Waals surface area contributed by atoms with Gasteiger partial charge in [0, 0.05) is 6.07 Å². The van der Waals surface area contributed by atoms with Gasteiger partial charge in [0.2, 0.25) is 0 Å². The first kappa shape index (κ1) is 8.69. The quantitative estimate of drug-likeness (QED) is 0.666. The molecule has 0 saturated heterocycles. The molecule has 0 fully saturated rings. The summed E-state index contributed by atoms with van der Waals surface area (Å²) in [4.78, 5) is 0. The highest BCUT2D eigenvalue weighted by atomic mass is 35.5. The fraction of sp³-hybridized carbons (Fsp3) is 0.250. The van der Waals surface area contributed by atoms with E-state index >= 15 is 0 Å². The molecule has 11 heavy (non-hydrogen) atoms. The van der Waals surface area contributed by atoms with E-state index in [9.17, 15) is 0 Å². The van der Waals surface area contributed by atoms with Crippen molar-refractivity contribution in [1.82, 2.24) is 0 Å². The van der Waals surface area contributed by atoms with Crippen LogP contribution in [0.15, 0.2) is 18.2 Å². The van der Waals surface area contributed by atoms with Crippen LogP contribution in [0.5, 0.6) is 5.75 Å². The zero-order valence-corrected chi connectivity index (χ0v) is 7.32. The van der Waals surface area contributed by atoms with E-state index in [4.69, 9.17) is 27.9 Å². The van der Waals surface area contributed by atoms with Crippen LogP contribution in [0.25, 0.3) is 0 Å². The molecule has 0 atom stereocenters. The Hall–Kier alpha value is -0.400. The topological polar surface area (TPSA) is 9.23 Å². The first-order valence-electron chi connectivity index (χ1n) is 3.19. The first-order valence-corrected chi connectivity index (χ1v) is 4.11. The van der Waals surface area contributed by atoms with Crippen LogP contribution >= 0.6 is 23.2 Å². The highest BCUT2D eigenvalue weighted by Crippen LogP contribution is 2.22. The lowest BCUT2D eigenvalue weighted by molar-refractivity contribution is 0.343. The van der Waals surface area contributed by atoms with Gasteiger partial charge < -0.3 is 4.74 Å². The summed E-state index contributed by atoms with van der Waals surface area (Å²) in [6.07, 6.45) is 0. The minimum absolute atomic E-state index is 0.464. The molecule has 1 radical (unpaired) electrons. The van der Waals surface area contributed by atoms with Gasteiger partial charge in [0.05, 0.1) is 10.9 Å². The number of alkyl halides is 1. The summed E-state index contributed by atoms with van der Waals surface area (Å²) in [5.74, 6) is 1.10. The smallest absolute Gasteiger partial charge is 0.138 e. The monoisotopic (exact) mass is 189 g/mol. The number of benzene rings is 1. The lowest BCUT2D eigenvalue weighted by Crippen LogP contribution is -1.97. The molecule has 0 aliphatic heterocycles. The standard InChI is InChI=1S/C8H7Cl2O/c9-5-6-11-8-4-2-1-3-7(8)10/h1-2,4H,5-6H2. The van der Waals surface area contributed by atoms with Crippen LogP contribution in [-0.4, -0.2) is 12.5 Å². The largest absolute Gasteiger partial charge is 0.491 e. The Morgan fingerprint density at radius 1 is 1.55 bits per heavy atom. The lowest BCUT2D eigenvalue weighted by atomic mass is 10.3. The molecule has 0 bridgehead atoms. The molecule has 0 amide bonds. The van der Waals surface area contributed by atoms with Crippen LogP contribution in [0.1, 0.15) is 0 Å². The lowest BCUT2D eigenvalue weighted by Gasteiger charge is -2.03. The Kier molecular flexibility index (Phi) is 3.53. The summed E-state index contributed by atoms with van der Waals surface area (Å²) >= 11 is 11.2. The van der Waals surface area contributed by atoms with Crippen LogP contribution in [-0.2, 0) is 0 Å². The second-order valence-electron chi connectivity index (χ2n) is 1.89. The van der Waals surface area contributed by atoms with Crippen molar-refractivity contribution in [2.75, 3.05) is 12.5 Å². The van der Waals surface area contributed by atoms with Gasteiger partial charge >= 0.3 is 0 Å². The average Bonchev–Trinajstić information content (AvgIpc) is 2.03. The van der Waals surface area contributed by atoms with Gasteiger partial charge in [0.25, 0.3) is 0 Å². The number of ether oxygens (including phenoxy) is 1. The minimum atomic E-state index is 0.464. The van der Waals surface area contributed by atoms with Crippen molar-refractivity contribution in [1.29, 1.82) is 0 Å². The Morgan fingerprint density at radius 3 is 3.00 bits per heavy atom. The molecule has 1 nitrogen and oxygen atoms in total. The maximum atomic E-state index is 5.74. The van der Waals surface area contributed by atoms with E-state index in [1.165, 1.54) is 0 Å². The van der Waals surface area contributed by atoms with Crippen molar-refractivity contribution in [3.63, 3.8) is 0 Å². The highest BCUT2D eigenvalue weighted by molar-refractivity contribution is 6.31. The average molecular weight is 190 g/mol. The van der Waals surface area contributed by atoms with Crippen LogP contribution in [0.2, 0.25) is 5.02 Å².